The first-order chi connectivity index (χ1) is 8.52. The van der Waals surface area contributed by atoms with E-state index in [0.717, 1.165) is 5.76 Å². The smallest absolute Gasteiger partial charge is 0.328 e. The van der Waals surface area contributed by atoms with Crippen molar-refractivity contribution in [2.45, 2.75) is 25.4 Å². The number of aliphatic carboxylic acids is 1. The van der Waals surface area contributed by atoms with Crippen molar-refractivity contribution in [3.8, 4) is 0 Å². The molecule has 0 spiro atoms. The second-order valence-corrected chi connectivity index (χ2v) is 3.88. The van der Waals surface area contributed by atoms with Crippen LogP contribution in [0.5, 0.6) is 0 Å². The van der Waals surface area contributed by atoms with Crippen LogP contribution in [0.25, 0.3) is 0 Å². The van der Waals surface area contributed by atoms with E-state index in [0.29, 0.717) is 6.42 Å². The maximum atomic E-state index is 11.4. The molecule has 0 aliphatic rings. The SMILES string of the molecule is CC(Cc1ccco1)NC(=O)NC(CO)C(=O)O. The number of rotatable bonds is 6. The van der Waals surface area contributed by atoms with Crippen molar-refractivity contribution in [3.05, 3.63) is 24.2 Å². The lowest BCUT2D eigenvalue weighted by atomic mass is 10.2. The Kier molecular flexibility index (Phi) is 5.19. The normalized spacial score (nSPS) is 13.7. The second-order valence-electron chi connectivity index (χ2n) is 3.88. The number of nitrogens with one attached hydrogen (secondary N) is 2. The van der Waals surface area contributed by atoms with Crippen molar-refractivity contribution in [3.63, 3.8) is 0 Å². The standard InChI is InChI=1S/C11H16N2O5/c1-7(5-8-3-2-4-18-8)12-11(17)13-9(6-14)10(15)16/h2-4,7,9,14H,5-6H2,1H3,(H,15,16)(H2,12,13,17). The first-order valence-corrected chi connectivity index (χ1v) is 5.46. The van der Waals surface area contributed by atoms with Crippen LogP contribution in [0.15, 0.2) is 22.8 Å². The molecule has 0 saturated heterocycles. The molecule has 4 N–H and O–H groups in total. The van der Waals surface area contributed by atoms with Gasteiger partial charge in [-0.1, -0.05) is 0 Å². The van der Waals surface area contributed by atoms with E-state index in [1.165, 1.54) is 6.26 Å². The molecule has 0 fully saturated rings. The predicted octanol–water partition coefficient (Wildman–Crippen LogP) is -0.0447. The molecule has 2 unspecified atom stereocenters. The zero-order valence-corrected chi connectivity index (χ0v) is 9.92. The highest BCUT2D eigenvalue weighted by atomic mass is 16.4. The van der Waals surface area contributed by atoms with Gasteiger partial charge in [0.25, 0.3) is 0 Å². The number of furan rings is 1. The van der Waals surface area contributed by atoms with Crippen molar-refractivity contribution in [1.29, 1.82) is 0 Å². The molecular weight excluding hydrogens is 240 g/mol. The summed E-state index contributed by atoms with van der Waals surface area (Å²) in [5.41, 5.74) is 0. The third-order valence-electron chi connectivity index (χ3n) is 2.25. The van der Waals surface area contributed by atoms with Crippen LogP contribution < -0.4 is 10.6 Å². The van der Waals surface area contributed by atoms with Gasteiger partial charge in [0.1, 0.15) is 5.76 Å². The average Bonchev–Trinajstić information content (AvgIpc) is 2.77. The van der Waals surface area contributed by atoms with E-state index in [-0.39, 0.29) is 6.04 Å². The summed E-state index contributed by atoms with van der Waals surface area (Å²) in [5, 5.41) is 22.1. The average molecular weight is 256 g/mol. The van der Waals surface area contributed by atoms with Crippen LogP contribution in [-0.4, -0.2) is 40.9 Å². The summed E-state index contributed by atoms with van der Waals surface area (Å²) in [5.74, 6) is -0.564. The number of carboxylic acid groups (broad SMARTS) is 1. The lowest BCUT2D eigenvalue weighted by molar-refractivity contribution is -0.140. The fraction of sp³-hybridized carbons (Fsp3) is 0.455. The number of hydrogen-bond donors (Lipinski definition) is 4. The third kappa shape index (κ3) is 4.46. The van der Waals surface area contributed by atoms with Gasteiger partial charge in [0.05, 0.1) is 12.9 Å². The van der Waals surface area contributed by atoms with Gasteiger partial charge in [0, 0.05) is 12.5 Å². The molecule has 100 valence electrons. The number of hydrogen-bond acceptors (Lipinski definition) is 4. The molecule has 0 aromatic carbocycles. The van der Waals surface area contributed by atoms with Gasteiger partial charge in [-0.05, 0) is 19.1 Å². The van der Waals surface area contributed by atoms with Crippen LogP contribution in [0.3, 0.4) is 0 Å². The second kappa shape index (κ2) is 6.65. The molecule has 1 rings (SSSR count). The number of amides is 2. The Bertz CT molecular complexity index is 390. The lowest BCUT2D eigenvalue weighted by Crippen LogP contribution is -2.50. The molecule has 0 bridgehead atoms. The largest absolute Gasteiger partial charge is 0.480 e. The molecule has 0 saturated carbocycles. The summed E-state index contributed by atoms with van der Waals surface area (Å²) in [6.07, 6.45) is 2.03. The Morgan fingerprint density at radius 1 is 1.44 bits per heavy atom. The minimum Gasteiger partial charge on any atom is -0.480 e. The number of aliphatic hydroxyl groups excluding tert-OH is 1. The molecule has 18 heavy (non-hydrogen) atoms. The van der Waals surface area contributed by atoms with Gasteiger partial charge in [-0.3, -0.25) is 0 Å². The molecule has 2 amide bonds. The van der Waals surface area contributed by atoms with E-state index in [2.05, 4.69) is 10.6 Å². The van der Waals surface area contributed by atoms with E-state index >= 15 is 0 Å². The first kappa shape index (κ1) is 14.0. The van der Waals surface area contributed by atoms with Gasteiger partial charge >= 0.3 is 12.0 Å². The molecule has 1 aromatic rings. The minimum absolute atomic E-state index is 0.218. The van der Waals surface area contributed by atoms with Crippen molar-refractivity contribution >= 4 is 12.0 Å². The predicted molar refractivity (Wildman–Crippen MR) is 62.1 cm³/mol. The van der Waals surface area contributed by atoms with Crippen molar-refractivity contribution in [2.75, 3.05) is 6.61 Å². The Balaban J connectivity index is 2.37. The van der Waals surface area contributed by atoms with Gasteiger partial charge in [0.15, 0.2) is 6.04 Å². The van der Waals surface area contributed by atoms with Gasteiger partial charge in [-0.25, -0.2) is 9.59 Å². The van der Waals surface area contributed by atoms with Crippen LogP contribution >= 0.6 is 0 Å². The first-order valence-electron chi connectivity index (χ1n) is 5.46. The van der Waals surface area contributed by atoms with Gasteiger partial charge < -0.3 is 25.3 Å². The van der Waals surface area contributed by atoms with E-state index in [1.54, 1.807) is 19.1 Å². The minimum atomic E-state index is -1.30. The molecular formula is C11H16N2O5. The van der Waals surface area contributed by atoms with E-state index in [9.17, 15) is 9.59 Å². The number of carbonyl (C=O) groups excluding carboxylic acids is 1. The van der Waals surface area contributed by atoms with Crippen molar-refractivity contribution in [1.82, 2.24) is 10.6 Å². The zero-order valence-electron chi connectivity index (χ0n) is 9.92. The van der Waals surface area contributed by atoms with Crippen LogP contribution in [0.2, 0.25) is 0 Å². The summed E-state index contributed by atoms with van der Waals surface area (Å²) in [6.45, 7) is 1.10. The zero-order chi connectivity index (χ0) is 13.5. The monoisotopic (exact) mass is 256 g/mol. The van der Waals surface area contributed by atoms with Gasteiger partial charge in [-0.15, -0.1) is 0 Å². The fourth-order valence-corrected chi connectivity index (χ4v) is 1.39. The highest BCUT2D eigenvalue weighted by Crippen LogP contribution is 2.03. The Morgan fingerprint density at radius 2 is 2.17 bits per heavy atom. The molecule has 7 nitrogen and oxygen atoms in total. The van der Waals surface area contributed by atoms with E-state index in [1.807, 2.05) is 0 Å². The van der Waals surface area contributed by atoms with Crippen LogP contribution in [0.4, 0.5) is 4.79 Å². The van der Waals surface area contributed by atoms with Crippen molar-refractivity contribution in [2.24, 2.45) is 0 Å². The summed E-state index contributed by atoms with van der Waals surface area (Å²) >= 11 is 0. The molecule has 0 radical (unpaired) electrons. The van der Waals surface area contributed by atoms with E-state index in [4.69, 9.17) is 14.6 Å². The Hall–Kier alpha value is -2.02. The van der Waals surface area contributed by atoms with Crippen LogP contribution in [0, 0.1) is 0 Å². The number of carboxylic acids is 1. The topological polar surface area (TPSA) is 112 Å². The number of urea groups is 1. The lowest BCUT2D eigenvalue weighted by Gasteiger charge is -2.16. The van der Waals surface area contributed by atoms with Crippen LogP contribution in [0.1, 0.15) is 12.7 Å². The van der Waals surface area contributed by atoms with Crippen molar-refractivity contribution < 1.29 is 24.2 Å². The summed E-state index contributed by atoms with van der Waals surface area (Å²) < 4.78 is 5.12. The molecule has 7 heteroatoms. The Labute approximate surface area is 104 Å². The third-order valence-corrected chi connectivity index (χ3v) is 2.25. The number of carbonyl (C=O) groups is 2. The molecule has 1 aromatic heterocycles. The molecule has 1 heterocycles. The number of aliphatic hydroxyl groups is 1. The summed E-state index contributed by atoms with van der Waals surface area (Å²) in [6, 6.07) is 1.36. The van der Waals surface area contributed by atoms with Gasteiger partial charge in [0.2, 0.25) is 0 Å². The van der Waals surface area contributed by atoms with Gasteiger partial charge in [-0.2, -0.15) is 0 Å². The summed E-state index contributed by atoms with van der Waals surface area (Å²) in [4.78, 5) is 22.0. The maximum absolute atomic E-state index is 11.4. The molecule has 0 aliphatic carbocycles. The van der Waals surface area contributed by atoms with Crippen LogP contribution in [-0.2, 0) is 11.2 Å². The highest BCUT2D eigenvalue weighted by molar-refractivity contribution is 5.82. The van der Waals surface area contributed by atoms with E-state index < -0.39 is 24.6 Å². The highest BCUT2D eigenvalue weighted by Gasteiger charge is 2.19. The fourth-order valence-electron chi connectivity index (χ4n) is 1.39. The molecule has 0 aliphatic heterocycles. The molecule has 2 atom stereocenters. The quantitative estimate of drug-likeness (QED) is 0.570. The maximum Gasteiger partial charge on any atom is 0.328 e. The Morgan fingerprint density at radius 3 is 2.67 bits per heavy atom. The summed E-state index contributed by atoms with van der Waals surface area (Å²) in [7, 11) is 0.